The van der Waals surface area contributed by atoms with Gasteiger partial charge in [-0.3, -0.25) is 4.99 Å². The molecular weight excluding hydrogens is 502 g/mol. The maximum atomic E-state index is 12.6. The number of benzene rings is 1. The highest BCUT2D eigenvalue weighted by Gasteiger charge is 2.42. The number of rotatable bonds is 8. The largest absolute Gasteiger partial charge is 0.573 e. The molecule has 3 atom stereocenters. The number of guanidine groups is 1. The summed E-state index contributed by atoms with van der Waals surface area (Å²) in [6.45, 7) is 2.77. The summed E-state index contributed by atoms with van der Waals surface area (Å²) in [6.07, 6.45) is -2.00. The van der Waals surface area contributed by atoms with Gasteiger partial charge < -0.3 is 24.8 Å². The van der Waals surface area contributed by atoms with Gasteiger partial charge in [0.2, 0.25) is 0 Å². The van der Waals surface area contributed by atoms with Crippen LogP contribution in [-0.2, 0) is 9.47 Å². The maximum absolute atomic E-state index is 12.6. The second-order valence-electron chi connectivity index (χ2n) is 6.89. The lowest BCUT2D eigenvalue weighted by molar-refractivity contribution is -0.274. The molecule has 1 aliphatic heterocycles. The summed E-state index contributed by atoms with van der Waals surface area (Å²) < 4.78 is 52.9. The Hall–Kier alpha value is -1.27. The van der Waals surface area contributed by atoms with Crippen LogP contribution in [-0.4, -0.2) is 57.9 Å². The molecule has 2 aliphatic rings. The van der Waals surface area contributed by atoms with Gasteiger partial charge in [-0.05, 0) is 30.9 Å². The first-order valence-electron chi connectivity index (χ1n) is 9.47. The average molecular weight is 529 g/mol. The fourth-order valence-corrected chi connectivity index (χ4v) is 3.25. The van der Waals surface area contributed by atoms with Gasteiger partial charge in [-0.15, -0.1) is 37.1 Å². The molecule has 1 aliphatic carbocycles. The first kappa shape index (κ1) is 24.0. The van der Waals surface area contributed by atoms with Crippen molar-refractivity contribution < 1.29 is 27.4 Å². The molecule has 0 radical (unpaired) electrons. The monoisotopic (exact) mass is 529 g/mol. The van der Waals surface area contributed by atoms with Crippen LogP contribution in [0, 0.1) is 0 Å². The van der Waals surface area contributed by atoms with Gasteiger partial charge in [0.05, 0.1) is 12.7 Å². The van der Waals surface area contributed by atoms with Crippen LogP contribution in [0.15, 0.2) is 29.3 Å². The maximum Gasteiger partial charge on any atom is 0.573 e. The Labute approximate surface area is 185 Å². The number of para-hydroxylation sites is 1. The van der Waals surface area contributed by atoms with Gasteiger partial charge in [0.15, 0.2) is 5.96 Å². The summed E-state index contributed by atoms with van der Waals surface area (Å²) in [6, 6.07) is 6.30. The zero-order valence-electron chi connectivity index (χ0n) is 16.2. The van der Waals surface area contributed by atoms with E-state index in [0.717, 1.165) is 25.9 Å². The Morgan fingerprint density at radius 2 is 2.10 bits per heavy atom. The Bertz CT molecular complexity index is 670. The van der Waals surface area contributed by atoms with E-state index in [9.17, 15) is 13.2 Å². The third kappa shape index (κ3) is 7.82. The first-order valence-corrected chi connectivity index (χ1v) is 9.47. The highest BCUT2D eigenvalue weighted by atomic mass is 127. The van der Waals surface area contributed by atoms with E-state index in [1.807, 2.05) is 0 Å². The molecule has 10 heteroatoms. The van der Waals surface area contributed by atoms with E-state index in [2.05, 4.69) is 20.4 Å². The van der Waals surface area contributed by atoms with Crippen LogP contribution in [0.1, 0.15) is 30.7 Å². The highest BCUT2D eigenvalue weighted by Crippen LogP contribution is 2.45. The third-order valence-corrected chi connectivity index (χ3v) is 4.74. The SMILES string of the molecule is CN=C(NCCCOC1CCOC1)NC1CC1c1ccccc1OC(F)(F)F.I. The Morgan fingerprint density at radius 1 is 1.31 bits per heavy atom. The summed E-state index contributed by atoms with van der Waals surface area (Å²) >= 11 is 0. The molecule has 29 heavy (non-hydrogen) atoms. The summed E-state index contributed by atoms with van der Waals surface area (Å²) in [5.74, 6) is 0.453. The van der Waals surface area contributed by atoms with Crippen LogP contribution >= 0.6 is 24.0 Å². The predicted molar refractivity (Wildman–Crippen MR) is 114 cm³/mol. The van der Waals surface area contributed by atoms with Gasteiger partial charge in [0.25, 0.3) is 0 Å². The van der Waals surface area contributed by atoms with Crippen LogP contribution in [0.3, 0.4) is 0 Å². The lowest BCUT2D eigenvalue weighted by atomic mass is 10.1. The van der Waals surface area contributed by atoms with Gasteiger partial charge >= 0.3 is 6.36 Å². The summed E-state index contributed by atoms with van der Waals surface area (Å²) in [5.41, 5.74) is 0.556. The van der Waals surface area contributed by atoms with Crippen molar-refractivity contribution in [3.05, 3.63) is 29.8 Å². The average Bonchev–Trinajstić information content (AvgIpc) is 3.20. The van der Waals surface area contributed by atoms with Gasteiger partial charge in [-0.1, -0.05) is 18.2 Å². The molecular formula is C19H27F3IN3O3. The zero-order valence-corrected chi connectivity index (χ0v) is 18.5. The highest BCUT2D eigenvalue weighted by molar-refractivity contribution is 14.0. The van der Waals surface area contributed by atoms with Crippen molar-refractivity contribution >= 4 is 29.9 Å². The summed E-state index contributed by atoms with van der Waals surface area (Å²) in [7, 11) is 1.67. The lowest BCUT2D eigenvalue weighted by Gasteiger charge is -2.15. The normalized spacial score (nSPS) is 24.0. The number of ether oxygens (including phenoxy) is 3. The number of nitrogens with one attached hydrogen (secondary N) is 2. The molecule has 1 heterocycles. The van der Waals surface area contributed by atoms with E-state index >= 15 is 0 Å². The Balaban J connectivity index is 0.00000300. The Kier molecular flexibility index (Phi) is 9.28. The van der Waals surface area contributed by atoms with Gasteiger partial charge in [0, 0.05) is 38.8 Å². The minimum absolute atomic E-state index is 0. The first-order chi connectivity index (χ1) is 13.5. The van der Waals surface area contributed by atoms with Gasteiger partial charge in [0.1, 0.15) is 5.75 Å². The number of alkyl halides is 3. The predicted octanol–water partition coefficient (Wildman–Crippen LogP) is 3.42. The Morgan fingerprint density at radius 3 is 2.79 bits per heavy atom. The smallest absolute Gasteiger partial charge is 0.405 e. The summed E-state index contributed by atoms with van der Waals surface area (Å²) in [5, 5.41) is 6.46. The van der Waals surface area contributed by atoms with Crippen LogP contribution in [0.2, 0.25) is 0 Å². The topological polar surface area (TPSA) is 64.1 Å². The molecule has 0 spiro atoms. The van der Waals surface area contributed by atoms with E-state index in [1.54, 1.807) is 19.2 Å². The number of nitrogens with zero attached hydrogens (tertiary/aromatic N) is 1. The van der Waals surface area contributed by atoms with Crippen molar-refractivity contribution in [2.45, 2.75) is 43.7 Å². The van der Waals surface area contributed by atoms with Crippen LogP contribution in [0.4, 0.5) is 13.2 Å². The van der Waals surface area contributed by atoms with E-state index < -0.39 is 6.36 Å². The third-order valence-electron chi connectivity index (χ3n) is 4.74. The number of hydrogen-bond acceptors (Lipinski definition) is 4. The number of aliphatic imine (C=N–C) groups is 1. The molecule has 1 aromatic rings. The van der Waals surface area contributed by atoms with E-state index in [0.29, 0.717) is 31.3 Å². The standard InChI is InChI=1S/C19H26F3N3O3.HI/c1-23-18(24-8-4-9-27-13-7-10-26-12-13)25-16-11-15(16)14-5-2-3-6-17(14)28-19(20,21)22;/h2-3,5-6,13,15-16H,4,7-12H2,1H3,(H2,23,24,25);1H. The molecule has 3 unspecified atom stereocenters. The minimum atomic E-state index is -4.70. The number of hydrogen-bond donors (Lipinski definition) is 2. The van der Waals surface area contributed by atoms with Crippen molar-refractivity contribution in [1.29, 1.82) is 0 Å². The molecule has 3 rings (SSSR count). The molecule has 1 saturated heterocycles. The van der Waals surface area contributed by atoms with Crippen molar-refractivity contribution in [2.75, 3.05) is 33.4 Å². The van der Waals surface area contributed by atoms with E-state index in [1.165, 1.54) is 12.1 Å². The molecule has 164 valence electrons. The van der Waals surface area contributed by atoms with Crippen molar-refractivity contribution in [2.24, 2.45) is 4.99 Å². The second-order valence-corrected chi connectivity index (χ2v) is 6.89. The quantitative estimate of drug-likeness (QED) is 0.234. The van der Waals surface area contributed by atoms with Crippen molar-refractivity contribution in [3.8, 4) is 5.75 Å². The number of halogens is 4. The molecule has 1 saturated carbocycles. The molecule has 6 nitrogen and oxygen atoms in total. The molecule has 2 fully saturated rings. The summed E-state index contributed by atoms with van der Waals surface area (Å²) in [4.78, 5) is 4.18. The van der Waals surface area contributed by atoms with E-state index in [-0.39, 0.29) is 47.8 Å². The molecule has 0 amide bonds. The fourth-order valence-electron chi connectivity index (χ4n) is 3.25. The van der Waals surface area contributed by atoms with E-state index in [4.69, 9.17) is 9.47 Å². The van der Waals surface area contributed by atoms with Gasteiger partial charge in [-0.2, -0.15) is 0 Å². The fraction of sp³-hybridized carbons (Fsp3) is 0.632. The molecule has 2 N–H and O–H groups in total. The van der Waals surface area contributed by atoms with Crippen LogP contribution < -0.4 is 15.4 Å². The molecule has 0 aromatic heterocycles. The molecule has 1 aromatic carbocycles. The minimum Gasteiger partial charge on any atom is -0.405 e. The zero-order chi connectivity index (χ0) is 20.0. The van der Waals surface area contributed by atoms with Crippen molar-refractivity contribution in [3.63, 3.8) is 0 Å². The van der Waals surface area contributed by atoms with Crippen molar-refractivity contribution in [1.82, 2.24) is 10.6 Å². The van der Waals surface area contributed by atoms with Crippen LogP contribution in [0.25, 0.3) is 0 Å². The molecule has 0 bridgehead atoms. The van der Waals surface area contributed by atoms with Gasteiger partial charge in [-0.25, -0.2) is 0 Å². The lowest BCUT2D eigenvalue weighted by Crippen LogP contribution is -2.39. The second kappa shape index (κ2) is 11.2. The van der Waals surface area contributed by atoms with Crippen LogP contribution in [0.5, 0.6) is 5.75 Å².